The lowest BCUT2D eigenvalue weighted by molar-refractivity contribution is -0.385. The van der Waals surface area contributed by atoms with Gasteiger partial charge in [0, 0.05) is 30.5 Å². The highest BCUT2D eigenvalue weighted by atomic mass is 16.6. The molecule has 29 heavy (non-hydrogen) atoms. The van der Waals surface area contributed by atoms with Crippen LogP contribution in [0, 0.1) is 17.0 Å². The summed E-state index contributed by atoms with van der Waals surface area (Å²) in [5, 5.41) is 13.7. The van der Waals surface area contributed by atoms with Crippen LogP contribution in [-0.4, -0.2) is 49.7 Å². The SMILES string of the molecule is Cc1cccc([N+](=O)[O-])c1C(=O)OCC(=O)Nc1ccc(N2CCOCC2)cc1. The van der Waals surface area contributed by atoms with E-state index >= 15 is 0 Å². The van der Waals surface area contributed by atoms with Crippen LogP contribution in [0.2, 0.25) is 0 Å². The number of amides is 1. The predicted octanol–water partition coefficient (Wildman–Crippen LogP) is 2.54. The van der Waals surface area contributed by atoms with Gasteiger partial charge in [-0.2, -0.15) is 0 Å². The van der Waals surface area contributed by atoms with Gasteiger partial charge in [-0.15, -0.1) is 0 Å². The van der Waals surface area contributed by atoms with Gasteiger partial charge in [0.05, 0.1) is 18.1 Å². The largest absolute Gasteiger partial charge is 0.452 e. The second kappa shape index (κ2) is 9.16. The predicted molar refractivity (Wildman–Crippen MR) is 106 cm³/mol. The van der Waals surface area contributed by atoms with Gasteiger partial charge in [0.25, 0.3) is 11.6 Å². The molecule has 0 spiro atoms. The zero-order valence-corrected chi connectivity index (χ0v) is 15.9. The second-order valence-corrected chi connectivity index (χ2v) is 6.50. The molecule has 2 aromatic carbocycles. The Morgan fingerprint density at radius 3 is 2.52 bits per heavy atom. The molecular formula is C20H21N3O6. The van der Waals surface area contributed by atoms with E-state index < -0.39 is 23.4 Å². The number of nitrogens with zero attached hydrogens (tertiary/aromatic N) is 2. The van der Waals surface area contributed by atoms with Gasteiger partial charge < -0.3 is 19.7 Å². The van der Waals surface area contributed by atoms with Crippen molar-refractivity contribution in [3.8, 4) is 0 Å². The lowest BCUT2D eigenvalue weighted by Crippen LogP contribution is -2.36. The highest BCUT2D eigenvalue weighted by Crippen LogP contribution is 2.23. The fraction of sp³-hybridized carbons (Fsp3) is 0.300. The number of morpholine rings is 1. The Bertz CT molecular complexity index is 907. The summed E-state index contributed by atoms with van der Waals surface area (Å²) in [5.74, 6) is -1.44. The molecule has 0 radical (unpaired) electrons. The van der Waals surface area contributed by atoms with E-state index in [4.69, 9.17) is 9.47 Å². The van der Waals surface area contributed by atoms with Crippen LogP contribution in [-0.2, 0) is 14.3 Å². The highest BCUT2D eigenvalue weighted by Gasteiger charge is 2.24. The number of hydrogen-bond donors (Lipinski definition) is 1. The summed E-state index contributed by atoms with van der Waals surface area (Å²) in [7, 11) is 0. The van der Waals surface area contributed by atoms with Gasteiger partial charge in [0.1, 0.15) is 5.56 Å². The standard InChI is InChI=1S/C20H21N3O6/c1-14-3-2-4-17(23(26)27)19(14)20(25)29-13-18(24)21-15-5-7-16(8-6-15)22-9-11-28-12-10-22/h2-8H,9-13H2,1H3,(H,21,24). The maximum atomic E-state index is 12.2. The summed E-state index contributed by atoms with van der Waals surface area (Å²) >= 11 is 0. The molecule has 1 aliphatic heterocycles. The maximum absolute atomic E-state index is 12.2. The van der Waals surface area contributed by atoms with Crippen LogP contribution in [0.5, 0.6) is 0 Å². The number of benzene rings is 2. The van der Waals surface area contributed by atoms with Gasteiger partial charge in [-0.05, 0) is 36.8 Å². The molecule has 1 amide bonds. The summed E-state index contributed by atoms with van der Waals surface area (Å²) in [6.45, 7) is 4.01. The van der Waals surface area contributed by atoms with Crippen LogP contribution >= 0.6 is 0 Å². The average molecular weight is 399 g/mol. The minimum absolute atomic E-state index is 0.153. The molecule has 0 unspecified atom stereocenters. The molecule has 9 heteroatoms. The van der Waals surface area contributed by atoms with E-state index in [1.807, 2.05) is 12.1 Å². The summed E-state index contributed by atoms with van der Waals surface area (Å²) in [6, 6.07) is 11.6. The normalized spacial score (nSPS) is 13.6. The summed E-state index contributed by atoms with van der Waals surface area (Å²) < 4.78 is 10.3. The number of esters is 1. The summed E-state index contributed by atoms with van der Waals surface area (Å²) in [4.78, 5) is 37.0. The first-order chi connectivity index (χ1) is 14.0. The van der Waals surface area contributed by atoms with E-state index in [1.54, 1.807) is 25.1 Å². The van der Waals surface area contributed by atoms with Gasteiger partial charge in [0.15, 0.2) is 6.61 Å². The third-order valence-electron chi connectivity index (χ3n) is 4.51. The van der Waals surface area contributed by atoms with E-state index in [2.05, 4.69) is 10.2 Å². The van der Waals surface area contributed by atoms with Crippen LogP contribution < -0.4 is 10.2 Å². The Balaban J connectivity index is 1.56. The second-order valence-electron chi connectivity index (χ2n) is 6.50. The number of ether oxygens (including phenoxy) is 2. The first kappa shape index (κ1) is 20.3. The van der Waals surface area contributed by atoms with Crippen molar-refractivity contribution in [1.29, 1.82) is 0 Å². The lowest BCUT2D eigenvalue weighted by atomic mass is 10.1. The molecule has 0 bridgehead atoms. The Hall–Kier alpha value is -3.46. The molecule has 0 atom stereocenters. The first-order valence-corrected chi connectivity index (χ1v) is 9.09. The zero-order valence-electron chi connectivity index (χ0n) is 15.9. The van der Waals surface area contributed by atoms with Crippen LogP contribution in [0.3, 0.4) is 0 Å². The topological polar surface area (TPSA) is 111 Å². The number of hydrogen-bond acceptors (Lipinski definition) is 7. The number of anilines is 2. The van der Waals surface area contributed by atoms with Crippen molar-refractivity contribution in [3.63, 3.8) is 0 Å². The van der Waals surface area contributed by atoms with Gasteiger partial charge in [0.2, 0.25) is 0 Å². The molecule has 1 saturated heterocycles. The van der Waals surface area contributed by atoms with Crippen LogP contribution in [0.1, 0.15) is 15.9 Å². The number of nitro benzene ring substituents is 1. The molecule has 9 nitrogen and oxygen atoms in total. The van der Waals surface area contributed by atoms with E-state index in [-0.39, 0.29) is 11.3 Å². The third-order valence-corrected chi connectivity index (χ3v) is 4.51. The van der Waals surface area contributed by atoms with Crippen molar-refractivity contribution in [2.75, 3.05) is 43.1 Å². The number of carbonyl (C=O) groups is 2. The number of carbonyl (C=O) groups excluding carboxylic acids is 2. The number of aryl methyl sites for hydroxylation is 1. The molecule has 1 aliphatic rings. The Morgan fingerprint density at radius 1 is 1.17 bits per heavy atom. The molecule has 0 aliphatic carbocycles. The van der Waals surface area contributed by atoms with E-state index in [1.165, 1.54) is 12.1 Å². The van der Waals surface area contributed by atoms with Crippen LogP contribution in [0.25, 0.3) is 0 Å². The van der Waals surface area contributed by atoms with Crippen LogP contribution in [0.15, 0.2) is 42.5 Å². The Labute approximate surface area is 167 Å². The quantitative estimate of drug-likeness (QED) is 0.451. The molecule has 1 fully saturated rings. The Kier molecular flexibility index (Phi) is 6.40. The maximum Gasteiger partial charge on any atom is 0.345 e. The molecule has 1 heterocycles. The van der Waals surface area contributed by atoms with E-state index in [0.29, 0.717) is 24.5 Å². The first-order valence-electron chi connectivity index (χ1n) is 9.09. The van der Waals surface area contributed by atoms with Crippen molar-refractivity contribution < 1.29 is 24.0 Å². The summed E-state index contributed by atoms with van der Waals surface area (Å²) in [5.41, 5.74) is 1.49. The zero-order chi connectivity index (χ0) is 20.8. The van der Waals surface area contributed by atoms with Crippen molar-refractivity contribution in [2.45, 2.75) is 6.92 Å². The molecule has 3 rings (SSSR count). The molecule has 2 aromatic rings. The average Bonchev–Trinajstić information content (AvgIpc) is 2.73. The van der Waals surface area contributed by atoms with Gasteiger partial charge in [-0.25, -0.2) is 4.79 Å². The van der Waals surface area contributed by atoms with Crippen molar-refractivity contribution in [1.82, 2.24) is 0 Å². The van der Waals surface area contributed by atoms with Crippen molar-refractivity contribution in [2.24, 2.45) is 0 Å². The van der Waals surface area contributed by atoms with Gasteiger partial charge >= 0.3 is 5.97 Å². The molecule has 0 saturated carbocycles. The summed E-state index contributed by atoms with van der Waals surface area (Å²) in [6.07, 6.45) is 0. The van der Waals surface area contributed by atoms with Crippen LogP contribution in [0.4, 0.5) is 17.1 Å². The van der Waals surface area contributed by atoms with E-state index in [9.17, 15) is 19.7 Å². The minimum atomic E-state index is -0.910. The van der Waals surface area contributed by atoms with Gasteiger partial charge in [-0.1, -0.05) is 12.1 Å². The monoisotopic (exact) mass is 399 g/mol. The smallest absolute Gasteiger partial charge is 0.345 e. The number of nitro groups is 1. The number of rotatable bonds is 6. The fourth-order valence-electron chi connectivity index (χ4n) is 3.05. The molecule has 152 valence electrons. The third kappa shape index (κ3) is 5.08. The van der Waals surface area contributed by atoms with Crippen molar-refractivity contribution >= 4 is 28.9 Å². The highest BCUT2D eigenvalue weighted by molar-refractivity contribution is 5.98. The number of nitrogens with one attached hydrogen (secondary N) is 1. The minimum Gasteiger partial charge on any atom is -0.452 e. The molecule has 1 N–H and O–H groups in total. The fourth-order valence-corrected chi connectivity index (χ4v) is 3.05. The molecular weight excluding hydrogens is 378 g/mol. The lowest BCUT2D eigenvalue weighted by Gasteiger charge is -2.28. The van der Waals surface area contributed by atoms with E-state index in [0.717, 1.165) is 18.8 Å². The molecule has 0 aromatic heterocycles. The van der Waals surface area contributed by atoms with Crippen molar-refractivity contribution in [3.05, 3.63) is 63.7 Å². The Morgan fingerprint density at radius 2 is 1.86 bits per heavy atom. The van der Waals surface area contributed by atoms with Gasteiger partial charge in [-0.3, -0.25) is 14.9 Å².